The van der Waals surface area contributed by atoms with Gasteiger partial charge in [0.1, 0.15) is 11.9 Å². The van der Waals surface area contributed by atoms with Crippen LogP contribution in [0.1, 0.15) is 33.1 Å². The molecule has 138 valence electrons. The summed E-state index contributed by atoms with van der Waals surface area (Å²) in [6.07, 6.45) is 3.42. The topological polar surface area (TPSA) is 46.1 Å². The van der Waals surface area contributed by atoms with Gasteiger partial charge in [-0.3, -0.25) is 0 Å². The Kier molecular flexibility index (Phi) is 6.19. The molecule has 5 heteroatoms. The molecule has 0 radical (unpaired) electrons. The van der Waals surface area contributed by atoms with E-state index in [2.05, 4.69) is 24.1 Å². The number of hydrogen-bond acceptors (Lipinski definition) is 3. The number of nitrogens with zero attached hydrogens (tertiary/aromatic N) is 2. The standard InChI is InChI=1S/C20H31N3O2/c1-3-17(25-18-8-6-5-7-9-18)14-22-19(21-4-2)23-12-10-20(15-23)11-13-24-16-20/h5-9,17H,3-4,10-16H2,1-2H3,(H,21,22). The van der Waals surface area contributed by atoms with Crippen LogP contribution in [0.3, 0.4) is 0 Å². The number of para-hydroxylation sites is 1. The molecule has 2 fully saturated rings. The lowest BCUT2D eigenvalue weighted by atomic mass is 9.87. The minimum Gasteiger partial charge on any atom is -0.489 e. The fourth-order valence-electron chi connectivity index (χ4n) is 3.64. The summed E-state index contributed by atoms with van der Waals surface area (Å²) in [6, 6.07) is 10.0. The van der Waals surface area contributed by atoms with Crippen LogP contribution in [0.25, 0.3) is 0 Å². The van der Waals surface area contributed by atoms with Crippen LogP contribution in [-0.2, 0) is 4.74 Å². The summed E-state index contributed by atoms with van der Waals surface area (Å²) in [6.45, 7) is 9.75. The molecule has 2 aliphatic rings. The van der Waals surface area contributed by atoms with Gasteiger partial charge >= 0.3 is 0 Å². The zero-order valence-electron chi connectivity index (χ0n) is 15.5. The van der Waals surface area contributed by atoms with Crippen molar-refractivity contribution in [3.05, 3.63) is 30.3 Å². The number of nitrogens with one attached hydrogen (secondary N) is 1. The van der Waals surface area contributed by atoms with Crippen molar-refractivity contribution in [1.29, 1.82) is 0 Å². The van der Waals surface area contributed by atoms with Gasteiger partial charge in [-0.25, -0.2) is 4.99 Å². The maximum absolute atomic E-state index is 6.07. The Morgan fingerprint density at radius 2 is 2.16 bits per heavy atom. The zero-order chi connectivity index (χ0) is 17.5. The van der Waals surface area contributed by atoms with Crippen molar-refractivity contribution < 1.29 is 9.47 Å². The SMILES string of the molecule is CCNC(=NCC(CC)Oc1ccccc1)N1CCC2(CCOC2)C1. The molecule has 2 unspecified atom stereocenters. The second kappa shape index (κ2) is 8.56. The van der Waals surface area contributed by atoms with E-state index in [4.69, 9.17) is 14.5 Å². The summed E-state index contributed by atoms with van der Waals surface area (Å²) in [4.78, 5) is 7.28. The van der Waals surface area contributed by atoms with Crippen LogP contribution in [0, 0.1) is 5.41 Å². The number of hydrogen-bond donors (Lipinski definition) is 1. The van der Waals surface area contributed by atoms with E-state index < -0.39 is 0 Å². The lowest BCUT2D eigenvalue weighted by molar-refractivity contribution is 0.156. The van der Waals surface area contributed by atoms with Crippen LogP contribution in [0.15, 0.2) is 35.3 Å². The highest BCUT2D eigenvalue weighted by Crippen LogP contribution is 2.38. The highest BCUT2D eigenvalue weighted by Gasteiger charge is 2.42. The zero-order valence-corrected chi connectivity index (χ0v) is 15.5. The van der Waals surface area contributed by atoms with Crippen molar-refractivity contribution in [3.8, 4) is 5.75 Å². The van der Waals surface area contributed by atoms with Gasteiger partial charge in [0.2, 0.25) is 0 Å². The summed E-state index contributed by atoms with van der Waals surface area (Å²) in [5.41, 5.74) is 0.348. The van der Waals surface area contributed by atoms with Gasteiger partial charge in [-0.1, -0.05) is 25.1 Å². The summed E-state index contributed by atoms with van der Waals surface area (Å²) in [5.74, 6) is 1.93. The van der Waals surface area contributed by atoms with Gasteiger partial charge in [0.15, 0.2) is 5.96 Å². The smallest absolute Gasteiger partial charge is 0.194 e. The molecule has 0 bridgehead atoms. The fourth-order valence-corrected chi connectivity index (χ4v) is 3.64. The first-order valence-electron chi connectivity index (χ1n) is 9.57. The highest BCUT2D eigenvalue weighted by atomic mass is 16.5. The maximum Gasteiger partial charge on any atom is 0.194 e. The molecule has 25 heavy (non-hydrogen) atoms. The van der Waals surface area contributed by atoms with Crippen molar-refractivity contribution in [1.82, 2.24) is 10.2 Å². The van der Waals surface area contributed by atoms with E-state index in [1.54, 1.807) is 0 Å². The first-order valence-corrected chi connectivity index (χ1v) is 9.57. The first kappa shape index (κ1) is 18.1. The Hall–Kier alpha value is -1.75. The van der Waals surface area contributed by atoms with Gasteiger partial charge in [0, 0.05) is 31.7 Å². The van der Waals surface area contributed by atoms with Gasteiger partial charge in [0.25, 0.3) is 0 Å². The van der Waals surface area contributed by atoms with Crippen molar-refractivity contribution in [2.45, 2.75) is 39.2 Å². The number of benzene rings is 1. The number of likely N-dealkylation sites (tertiary alicyclic amines) is 1. The number of ether oxygens (including phenoxy) is 2. The van der Waals surface area contributed by atoms with Crippen molar-refractivity contribution in [2.75, 3.05) is 39.4 Å². The van der Waals surface area contributed by atoms with Gasteiger partial charge < -0.3 is 19.7 Å². The van der Waals surface area contributed by atoms with Crippen molar-refractivity contribution in [3.63, 3.8) is 0 Å². The molecule has 2 heterocycles. The Labute approximate surface area is 151 Å². The van der Waals surface area contributed by atoms with E-state index in [0.717, 1.165) is 51.0 Å². The molecule has 5 nitrogen and oxygen atoms in total. The maximum atomic E-state index is 6.07. The Morgan fingerprint density at radius 1 is 1.32 bits per heavy atom. The molecule has 0 aromatic heterocycles. The molecule has 1 aromatic rings. The molecule has 0 amide bonds. The molecule has 3 rings (SSSR count). The summed E-state index contributed by atoms with van der Waals surface area (Å²) < 4.78 is 11.7. The number of guanidine groups is 1. The van der Waals surface area contributed by atoms with Crippen molar-refractivity contribution >= 4 is 5.96 Å². The van der Waals surface area contributed by atoms with E-state index in [-0.39, 0.29) is 6.10 Å². The molecule has 2 saturated heterocycles. The minimum absolute atomic E-state index is 0.0995. The quantitative estimate of drug-likeness (QED) is 0.636. The summed E-state index contributed by atoms with van der Waals surface area (Å²) in [5, 5.41) is 3.45. The number of aliphatic imine (C=N–C) groups is 1. The van der Waals surface area contributed by atoms with E-state index in [1.807, 2.05) is 30.3 Å². The predicted octanol–water partition coefficient (Wildman–Crippen LogP) is 2.92. The molecule has 0 aliphatic carbocycles. The second-order valence-electron chi connectivity index (χ2n) is 7.13. The minimum atomic E-state index is 0.0995. The van der Waals surface area contributed by atoms with Gasteiger partial charge in [-0.15, -0.1) is 0 Å². The van der Waals surface area contributed by atoms with Crippen LogP contribution >= 0.6 is 0 Å². The van der Waals surface area contributed by atoms with Crippen LogP contribution in [0.4, 0.5) is 0 Å². The Bertz CT molecular complexity index is 555. The lowest BCUT2D eigenvalue weighted by Gasteiger charge is -2.25. The normalized spacial score (nSPS) is 24.7. The fraction of sp³-hybridized carbons (Fsp3) is 0.650. The molecular formula is C20H31N3O2. The predicted molar refractivity (Wildman–Crippen MR) is 101 cm³/mol. The molecule has 2 atom stereocenters. The third-order valence-electron chi connectivity index (χ3n) is 5.20. The highest BCUT2D eigenvalue weighted by molar-refractivity contribution is 5.80. The third kappa shape index (κ3) is 4.66. The first-order chi connectivity index (χ1) is 12.2. The monoisotopic (exact) mass is 345 g/mol. The molecule has 0 saturated carbocycles. The second-order valence-corrected chi connectivity index (χ2v) is 7.13. The van der Waals surface area contributed by atoms with Crippen LogP contribution < -0.4 is 10.1 Å². The summed E-state index contributed by atoms with van der Waals surface area (Å²) in [7, 11) is 0. The van der Waals surface area contributed by atoms with E-state index in [9.17, 15) is 0 Å². The van der Waals surface area contributed by atoms with Gasteiger partial charge in [0.05, 0.1) is 13.2 Å². The molecule has 1 aromatic carbocycles. The average Bonchev–Trinajstić information content (AvgIpc) is 3.28. The Balaban J connectivity index is 1.61. The number of rotatable bonds is 6. The Morgan fingerprint density at radius 3 is 2.84 bits per heavy atom. The van der Waals surface area contributed by atoms with Crippen LogP contribution in [0.5, 0.6) is 5.75 Å². The van der Waals surface area contributed by atoms with Crippen LogP contribution in [0.2, 0.25) is 0 Å². The lowest BCUT2D eigenvalue weighted by Crippen LogP contribution is -2.42. The van der Waals surface area contributed by atoms with Gasteiger partial charge in [-0.05, 0) is 38.3 Å². The largest absolute Gasteiger partial charge is 0.489 e. The van der Waals surface area contributed by atoms with E-state index in [0.29, 0.717) is 12.0 Å². The van der Waals surface area contributed by atoms with Crippen molar-refractivity contribution in [2.24, 2.45) is 10.4 Å². The van der Waals surface area contributed by atoms with E-state index in [1.165, 1.54) is 12.8 Å². The summed E-state index contributed by atoms with van der Waals surface area (Å²) >= 11 is 0. The van der Waals surface area contributed by atoms with Gasteiger partial charge in [-0.2, -0.15) is 0 Å². The third-order valence-corrected chi connectivity index (χ3v) is 5.20. The van der Waals surface area contributed by atoms with Crippen LogP contribution in [-0.4, -0.2) is 56.4 Å². The van der Waals surface area contributed by atoms with E-state index >= 15 is 0 Å². The molecular weight excluding hydrogens is 314 g/mol. The average molecular weight is 345 g/mol. The molecule has 1 N–H and O–H groups in total. The molecule has 2 aliphatic heterocycles. The molecule has 1 spiro atoms.